The first-order valence-electron chi connectivity index (χ1n) is 6.54. The fourth-order valence-electron chi connectivity index (χ4n) is 2.34. The number of rotatable bonds is 9. The van der Waals surface area contributed by atoms with Gasteiger partial charge in [-0.25, -0.2) is 0 Å². The number of ether oxygens (including phenoxy) is 2. The molecule has 1 unspecified atom stereocenters. The van der Waals surface area contributed by atoms with Crippen molar-refractivity contribution < 1.29 is 14.3 Å². The van der Waals surface area contributed by atoms with Crippen LogP contribution in [0.5, 0.6) is 0 Å². The van der Waals surface area contributed by atoms with Gasteiger partial charge >= 0.3 is 0 Å². The number of nitrogens with zero attached hydrogens (tertiary/aromatic N) is 1. The van der Waals surface area contributed by atoms with Crippen molar-refractivity contribution in [3.8, 4) is 0 Å². The summed E-state index contributed by atoms with van der Waals surface area (Å²) in [7, 11) is 1.70. The van der Waals surface area contributed by atoms with Crippen LogP contribution in [0.4, 0.5) is 0 Å². The Hall–Kier alpha value is -0.450. The van der Waals surface area contributed by atoms with Gasteiger partial charge in [-0.1, -0.05) is 0 Å². The van der Waals surface area contributed by atoms with Crippen LogP contribution in [0.1, 0.15) is 32.6 Å². The van der Waals surface area contributed by atoms with E-state index in [-0.39, 0.29) is 0 Å². The van der Waals surface area contributed by atoms with E-state index >= 15 is 0 Å². The topological polar surface area (TPSA) is 38.8 Å². The van der Waals surface area contributed by atoms with Gasteiger partial charge in [-0.2, -0.15) is 0 Å². The number of methoxy groups -OCH3 is 1. The minimum atomic E-state index is 0.294. The van der Waals surface area contributed by atoms with Crippen LogP contribution in [0.15, 0.2) is 0 Å². The first kappa shape index (κ1) is 14.6. The average Bonchev–Trinajstić information content (AvgIpc) is 2.70. The SMILES string of the molecule is COCCCOCCN1CCCC1CC(C)=O. The summed E-state index contributed by atoms with van der Waals surface area (Å²) in [6.07, 6.45) is 4.02. The van der Waals surface area contributed by atoms with Gasteiger partial charge in [0.2, 0.25) is 0 Å². The second kappa shape index (κ2) is 8.61. The lowest BCUT2D eigenvalue weighted by Gasteiger charge is -2.23. The summed E-state index contributed by atoms with van der Waals surface area (Å²) in [5.74, 6) is 0.294. The van der Waals surface area contributed by atoms with E-state index in [4.69, 9.17) is 9.47 Å². The number of hydrogen-bond donors (Lipinski definition) is 0. The second-order valence-corrected chi connectivity index (χ2v) is 4.70. The minimum absolute atomic E-state index is 0.294. The van der Waals surface area contributed by atoms with Gasteiger partial charge in [-0.3, -0.25) is 9.69 Å². The molecule has 0 aliphatic carbocycles. The van der Waals surface area contributed by atoms with E-state index in [0.717, 1.165) is 45.8 Å². The zero-order valence-electron chi connectivity index (χ0n) is 11.1. The molecule has 0 saturated carbocycles. The van der Waals surface area contributed by atoms with Crippen LogP contribution in [-0.2, 0) is 14.3 Å². The van der Waals surface area contributed by atoms with E-state index in [1.165, 1.54) is 6.42 Å². The van der Waals surface area contributed by atoms with E-state index in [0.29, 0.717) is 18.2 Å². The molecule has 0 radical (unpaired) electrons. The smallest absolute Gasteiger partial charge is 0.131 e. The maximum atomic E-state index is 11.1. The molecule has 17 heavy (non-hydrogen) atoms. The zero-order valence-corrected chi connectivity index (χ0v) is 11.1. The molecule has 1 saturated heterocycles. The van der Waals surface area contributed by atoms with Crippen molar-refractivity contribution in [2.75, 3.05) is 40.0 Å². The Morgan fingerprint density at radius 3 is 2.88 bits per heavy atom. The molecule has 4 heteroatoms. The highest BCUT2D eigenvalue weighted by Gasteiger charge is 2.24. The molecule has 0 aromatic rings. The van der Waals surface area contributed by atoms with E-state index < -0.39 is 0 Å². The Balaban J connectivity index is 2.07. The van der Waals surface area contributed by atoms with Crippen LogP contribution in [0, 0.1) is 0 Å². The van der Waals surface area contributed by atoms with Gasteiger partial charge in [-0.05, 0) is 32.7 Å². The standard InChI is InChI=1S/C13H25NO3/c1-12(15)11-13-5-3-6-14(13)7-10-17-9-4-8-16-2/h13H,3-11H2,1-2H3. The highest BCUT2D eigenvalue weighted by Crippen LogP contribution is 2.19. The van der Waals surface area contributed by atoms with E-state index in [1.54, 1.807) is 14.0 Å². The van der Waals surface area contributed by atoms with Crippen LogP contribution in [0.2, 0.25) is 0 Å². The third kappa shape index (κ3) is 6.15. The molecule has 1 aliphatic rings. The van der Waals surface area contributed by atoms with Crippen LogP contribution in [0.25, 0.3) is 0 Å². The number of ketones is 1. The highest BCUT2D eigenvalue weighted by molar-refractivity contribution is 5.76. The molecule has 0 spiro atoms. The average molecular weight is 243 g/mol. The first-order valence-corrected chi connectivity index (χ1v) is 6.54. The van der Waals surface area contributed by atoms with Crippen molar-refractivity contribution in [3.63, 3.8) is 0 Å². The predicted octanol–water partition coefficient (Wildman–Crippen LogP) is 1.48. The fourth-order valence-corrected chi connectivity index (χ4v) is 2.34. The van der Waals surface area contributed by atoms with Crippen molar-refractivity contribution in [3.05, 3.63) is 0 Å². The summed E-state index contributed by atoms with van der Waals surface area (Å²) < 4.78 is 10.5. The molecule has 1 aliphatic heterocycles. The van der Waals surface area contributed by atoms with Gasteiger partial charge in [0.15, 0.2) is 0 Å². The van der Waals surface area contributed by atoms with Crippen LogP contribution >= 0.6 is 0 Å². The molecule has 4 nitrogen and oxygen atoms in total. The van der Waals surface area contributed by atoms with Gasteiger partial charge in [0.05, 0.1) is 6.61 Å². The zero-order chi connectivity index (χ0) is 12.5. The van der Waals surface area contributed by atoms with Crippen molar-refractivity contribution in [1.82, 2.24) is 4.90 Å². The molecule has 100 valence electrons. The Morgan fingerprint density at radius 2 is 2.18 bits per heavy atom. The highest BCUT2D eigenvalue weighted by atomic mass is 16.5. The van der Waals surface area contributed by atoms with Gasteiger partial charge in [0.25, 0.3) is 0 Å². The lowest BCUT2D eigenvalue weighted by molar-refractivity contribution is -0.118. The van der Waals surface area contributed by atoms with Crippen molar-refractivity contribution in [2.45, 2.75) is 38.6 Å². The lowest BCUT2D eigenvalue weighted by Crippen LogP contribution is -2.33. The molecule has 0 amide bonds. The fraction of sp³-hybridized carbons (Fsp3) is 0.923. The molecule has 0 aromatic carbocycles. The number of likely N-dealkylation sites (tertiary alicyclic amines) is 1. The largest absolute Gasteiger partial charge is 0.385 e. The summed E-state index contributed by atoms with van der Waals surface area (Å²) in [5.41, 5.74) is 0. The normalized spacial score (nSPS) is 20.9. The number of carbonyl (C=O) groups is 1. The van der Waals surface area contributed by atoms with E-state index in [9.17, 15) is 4.79 Å². The first-order chi connectivity index (χ1) is 8.24. The second-order valence-electron chi connectivity index (χ2n) is 4.70. The maximum absolute atomic E-state index is 11.1. The van der Waals surface area contributed by atoms with Gasteiger partial charge in [0, 0.05) is 39.3 Å². The van der Waals surface area contributed by atoms with E-state index in [1.807, 2.05) is 0 Å². The number of carbonyl (C=O) groups excluding carboxylic acids is 1. The quantitative estimate of drug-likeness (QED) is 0.575. The van der Waals surface area contributed by atoms with Gasteiger partial charge < -0.3 is 9.47 Å². The summed E-state index contributed by atoms with van der Waals surface area (Å²) in [6, 6.07) is 0.454. The monoisotopic (exact) mass is 243 g/mol. The Morgan fingerprint density at radius 1 is 1.35 bits per heavy atom. The molecule has 1 rings (SSSR count). The Labute approximate surface area is 104 Å². The molecular formula is C13H25NO3. The van der Waals surface area contributed by atoms with E-state index in [2.05, 4.69) is 4.90 Å². The molecule has 1 fully saturated rings. The summed E-state index contributed by atoms with van der Waals surface area (Å²) in [5, 5.41) is 0. The molecular weight excluding hydrogens is 218 g/mol. The van der Waals surface area contributed by atoms with Gasteiger partial charge in [-0.15, -0.1) is 0 Å². The third-order valence-electron chi connectivity index (χ3n) is 3.18. The lowest BCUT2D eigenvalue weighted by atomic mass is 10.1. The summed E-state index contributed by atoms with van der Waals surface area (Å²) in [4.78, 5) is 13.5. The molecule has 0 N–H and O–H groups in total. The Kier molecular flexibility index (Phi) is 7.40. The van der Waals surface area contributed by atoms with Crippen molar-refractivity contribution >= 4 is 5.78 Å². The molecule has 1 atom stereocenters. The molecule has 1 heterocycles. The third-order valence-corrected chi connectivity index (χ3v) is 3.18. The number of Topliss-reactive ketones (excluding diaryl/α,β-unsaturated/α-hetero) is 1. The van der Waals surface area contributed by atoms with Crippen molar-refractivity contribution in [1.29, 1.82) is 0 Å². The minimum Gasteiger partial charge on any atom is -0.385 e. The molecule has 0 aromatic heterocycles. The van der Waals surface area contributed by atoms with Crippen LogP contribution < -0.4 is 0 Å². The number of hydrogen-bond acceptors (Lipinski definition) is 4. The summed E-state index contributed by atoms with van der Waals surface area (Å²) >= 11 is 0. The van der Waals surface area contributed by atoms with Gasteiger partial charge in [0.1, 0.15) is 5.78 Å². The molecule has 0 bridgehead atoms. The Bertz CT molecular complexity index is 221. The van der Waals surface area contributed by atoms with Crippen LogP contribution in [-0.4, -0.2) is 56.7 Å². The predicted molar refractivity (Wildman–Crippen MR) is 67.2 cm³/mol. The van der Waals surface area contributed by atoms with Crippen molar-refractivity contribution in [2.24, 2.45) is 0 Å². The summed E-state index contributed by atoms with van der Waals surface area (Å²) in [6.45, 7) is 6.02. The van der Waals surface area contributed by atoms with Crippen LogP contribution in [0.3, 0.4) is 0 Å². The maximum Gasteiger partial charge on any atom is 0.131 e.